The second-order valence-electron chi connectivity index (χ2n) is 3.10. The number of hydrogen-bond donors (Lipinski definition) is 1. The highest BCUT2D eigenvalue weighted by Crippen LogP contribution is 2.11. The molecule has 0 aliphatic heterocycles. The minimum atomic E-state index is -0.0394. The van der Waals surface area contributed by atoms with Gasteiger partial charge in [-0.25, -0.2) is 0 Å². The summed E-state index contributed by atoms with van der Waals surface area (Å²) in [5, 5.41) is -0.0394. The molecule has 0 aromatic carbocycles. The van der Waals surface area contributed by atoms with Gasteiger partial charge in [-0.2, -0.15) is 12.6 Å². The van der Waals surface area contributed by atoms with E-state index in [1.54, 1.807) is 6.92 Å². The fourth-order valence-electron chi connectivity index (χ4n) is 0.694. The van der Waals surface area contributed by atoms with E-state index in [-0.39, 0.29) is 11.0 Å². The molecule has 0 saturated heterocycles. The third-order valence-corrected chi connectivity index (χ3v) is 2.11. The lowest BCUT2D eigenvalue weighted by molar-refractivity contribution is -0.116. The normalized spacial score (nSPS) is 13.7. The molecule has 0 fully saturated rings. The summed E-state index contributed by atoms with van der Waals surface area (Å²) >= 11 is 4.15. The Bertz CT molecular complexity index is 110. The number of hydrogen-bond acceptors (Lipinski definition) is 2. The van der Waals surface area contributed by atoms with Crippen molar-refractivity contribution in [1.29, 1.82) is 0 Å². The summed E-state index contributed by atoms with van der Waals surface area (Å²) in [6.45, 7) is 5.90. The fraction of sp³-hybridized carbons (Fsp3) is 0.875. The number of Topliss-reactive ketones (excluding diaryl/α,β-unsaturated/α-hetero) is 1. The van der Waals surface area contributed by atoms with Gasteiger partial charge in [0, 0.05) is 0 Å². The van der Waals surface area contributed by atoms with Gasteiger partial charge in [0.05, 0.1) is 5.25 Å². The lowest BCUT2D eigenvalue weighted by Gasteiger charge is -2.07. The summed E-state index contributed by atoms with van der Waals surface area (Å²) in [6.07, 6.45) is 2.00. The Morgan fingerprint density at radius 3 is 2.20 bits per heavy atom. The van der Waals surface area contributed by atoms with Crippen LogP contribution in [-0.4, -0.2) is 11.0 Å². The average molecular weight is 160 g/mol. The second-order valence-corrected chi connectivity index (χ2v) is 3.72. The SMILES string of the molecule is CC(=O)C(S)CCC(C)C. The van der Waals surface area contributed by atoms with Crippen LogP contribution in [0.4, 0.5) is 0 Å². The van der Waals surface area contributed by atoms with Crippen molar-refractivity contribution in [2.45, 2.75) is 38.9 Å². The van der Waals surface area contributed by atoms with Crippen LogP contribution in [0.5, 0.6) is 0 Å². The quantitative estimate of drug-likeness (QED) is 0.624. The van der Waals surface area contributed by atoms with Gasteiger partial charge in [0.15, 0.2) is 0 Å². The van der Waals surface area contributed by atoms with Gasteiger partial charge in [0.25, 0.3) is 0 Å². The van der Waals surface area contributed by atoms with Gasteiger partial charge in [0.1, 0.15) is 5.78 Å². The lowest BCUT2D eigenvalue weighted by atomic mass is 10.1. The van der Waals surface area contributed by atoms with Crippen LogP contribution in [0, 0.1) is 5.92 Å². The molecule has 2 heteroatoms. The maximum atomic E-state index is 10.7. The molecule has 0 aromatic rings. The van der Waals surface area contributed by atoms with Crippen LogP contribution < -0.4 is 0 Å². The first-order chi connectivity index (χ1) is 4.54. The Morgan fingerprint density at radius 2 is 1.90 bits per heavy atom. The molecule has 0 rings (SSSR count). The molecule has 10 heavy (non-hydrogen) atoms. The van der Waals surface area contributed by atoms with E-state index in [4.69, 9.17) is 0 Å². The molecular formula is C8H16OS. The maximum absolute atomic E-state index is 10.7. The van der Waals surface area contributed by atoms with Gasteiger partial charge in [-0.3, -0.25) is 4.79 Å². The highest BCUT2D eigenvalue weighted by molar-refractivity contribution is 7.81. The molecule has 0 aliphatic rings. The monoisotopic (exact) mass is 160 g/mol. The lowest BCUT2D eigenvalue weighted by Crippen LogP contribution is -2.10. The van der Waals surface area contributed by atoms with Crippen molar-refractivity contribution in [3.63, 3.8) is 0 Å². The number of ketones is 1. The molecule has 0 bridgehead atoms. The second kappa shape index (κ2) is 4.78. The van der Waals surface area contributed by atoms with Crippen LogP contribution in [0.3, 0.4) is 0 Å². The smallest absolute Gasteiger partial charge is 0.142 e. The summed E-state index contributed by atoms with van der Waals surface area (Å²) in [5.74, 6) is 0.859. The van der Waals surface area contributed by atoms with Crippen molar-refractivity contribution in [1.82, 2.24) is 0 Å². The zero-order valence-corrected chi connectivity index (χ0v) is 7.82. The summed E-state index contributed by atoms with van der Waals surface area (Å²) in [6, 6.07) is 0. The molecular weight excluding hydrogens is 144 g/mol. The van der Waals surface area contributed by atoms with Crippen molar-refractivity contribution in [2.24, 2.45) is 5.92 Å². The van der Waals surface area contributed by atoms with Crippen molar-refractivity contribution >= 4 is 18.4 Å². The predicted molar refractivity (Wildman–Crippen MR) is 47.5 cm³/mol. The molecule has 0 radical (unpaired) electrons. The Balaban J connectivity index is 3.40. The topological polar surface area (TPSA) is 17.1 Å². The summed E-state index contributed by atoms with van der Waals surface area (Å²) in [4.78, 5) is 10.7. The third-order valence-electron chi connectivity index (χ3n) is 1.49. The van der Waals surface area contributed by atoms with Gasteiger partial charge in [0.2, 0.25) is 0 Å². The number of carbonyl (C=O) groups excluding carboxylic acids is 1. The van der Waals surface area contributed by atoms with Gasteiger partial charge in [-0.15, -0.1) is 0 Å². The van der Waals surface area contributed by atoms with Crippen LogP contribution in [0.25, 0.3) is 0 Å². The van der Waals surface area contributed by atoms with E-state index in [1.165, 1.54) is 0 Å². The Hall–Kier alpha value is 0.0200. The standard InChI is InChI=1S/C8H16OS/c1-6(2)4-5-8(10)7(3)9/h6,8,10H,4-5H2,1-3H3. The minimum Gasteiger partial charge on any atom is -0.299 e. The van der Waals surface area contributed by atoms with Gasteiger partial charge in [-0.1, -0.05) is 13.8 Å². The van der Waals surface area contributed by atoms with E-state index in [2.05, 4.69) is 26.5 Å². The van der Waals surface area contributed by atoms with E-state index < -0.39 is 0 Å². The van der Waals surface area contributed by atoms with E-state index in [0.29, 0.717) is 5.92 Å². The Labute approximate surface area is 68.6 Å². The minimum absolute atomic E-state index is 0.0394. The first-order valence-electron chi connectivity index (χ1n) is 3.72. The molecule has 60 valence electrons. The molecule has 0 heterocycles. The predicted octanol–water partition coefficient (Wildman–Crippen LogP) is 2.31. The third kappa shape index (κ3) is 4.86. The van der Waals surface area contributed by atoms with Gasteiger partial charge in [-0.05, 0) is 25.7 Å². The molecule has 1 nitrogen and oxygen atoms in total. The molecule has 1 atom stereocenters. The molecule has 0 aromatic heterocycles. The largest absolute Gasteiger partial charge is 0.299 e. The summed E-state index contributed by atoms with van der Waals surface area (Å²) < 4.78 is 0. The summed E-state index contributed by atoms with van der Waals surface area (Å²) in [7, 11) is 0. The number of carbonyl (C=O) groups is 1. The maximum Gasteiger partial charge on any atom is 0.142 e. The highest BCUT2D eigenvalue weighted by atomic mass is 32.1. The van der Waals surface area contributed by atoms with Crippen LogP contribution >= 0.6 is 12.6 Å². The van der Waals surface area contributed by atoms with E-state index in [0.717, 1.165) is 12.8 Å². The number of rotatable bonds is 4. The molecule has 0 spiro atoms. The average Bonchev–Trinajstić information content (AvgIpc) is 1.82. The molecule has 0 aliphatic carbocycles. The van der Waals surface area contributed by atoms with Gasteiger partial charge < -0.3 is 0 Å². The van der Waals surface area contributed by atoms with Crippen molar-refractivity contribution < 1.29 is 4.79 Å². The first kappa shape index (κ1) is 10.0. The summed E-state index contributed by atoms with van der Waals surface area (Å²) in [5.41, 5.74) is 0. The zero-order valence-electron chi connectivity index (χ0n) is 6.92. The molecule has 0 amide bonds. The van der Waals surface area contributed by atoms with E-state index in [1.807, 2.05) is 0 Å². The van der Waals surface area contributed by atoms with Crippen LogP contribution in [0.1, 0.15) is 33.6 Å². The molecule has 0 N–H and O–H groups in total. The molecule has 1 unspecified atom stereocenters. The zero-order chi connectivity index (χ0) is 8.15. The van der Waals surface area contributed by atoms with Crippen LogP contribution in [-0.2, 0) is 4.79 Å². The molecule has 0 saturated carbocycles. The van der Waals surface area contributed by atoms with E-state index >= 15 is 0 Å². The van der Waals surface area contributed by atoms with Crippen molar-refractivity contribution in [3.8, 4) is 0 Å². The van der Waals surface area contributed by atoms with Crippen molar-refractivity contribution in [2.75, 3.05) is 0 Å². The Kier molecular flexibility index (Phi) is 4.79. The van der Waals surface area contributed by atoms with Crippen LogP contribution in [0.2, 0.25) is 0 Å². The van der Waals surface area contributed by atoms with Crippen molar-refractivity contribution in [3.05, 3.63) is 0 Å². The number of thiol groups is 1. The van der Waals surface area contributed by atoms with E-state index in [9.17, 15) is 4.79 Å². The Morgan fingerprint density at radius 1 is 1.40 bits per heavy atom. The first-order valence-corrected chi connectivity index (χ1v) is 4.24. The fourth-order valence-corrected chi connectivity index (χ4v) is 0.844. The van der Waals surface area contributed by atoms with Crippen LogP contribution in [0.15, 0.2) is 0 Å². The van der Waals surface area contributed by atoms with Gasteiger partial charge >= 0.3 is 0 Å². The highest BCUT2D eigenvalue weighted by Gasteiger charge is 2.08.